The summed E-state index contributed by atoms with van der Waals surface area (Å²) in [4.78, 5) is 11.1. The van der Waals surface area contributed by atoms with Gasteiger partial charge in [-0.3, -0.25) is 4.79 Å². The van der Waals surface area contributed by atoms with Crippen LogP contribution >= 0.6 is 0 Å². The molecule has 2 aromatic rings. The molecule has 114 valence electrons. The molecule has 0 aromatic heterocycles. The lowest BCUT2D eigenvalue weighted by atomic mass is 9.99. The molecule has 1 aliphatic heterocycles. The summed E-state index contributed by atoms with van der Waals surface area (Å²) in [6.07, 6.45) is 0.197. The summed E-state index contributed by atoms with van der Waals surface area (Å²) in [6.45, 7) is 0.247. The number of rotatable bonds is 4. The largest absolute Gasteiger partial charge is 0.435 e. The lowest BCUT2D eigenvalue weighted by Crippen LogP contribution is -2.52. The number of carbonyl (C=O) groups excluding carboxylic acids is 1. The molecule has 0 spiro atoms. The molecule has 0 radical (unpaired) electrons. The van der Waals surface area contributed by atoms with E-state index < -0.39 is 15.9 Å². The molecule has 7 heteroatoms. The zero-order valence-corrected chi connectivity index (χ0v) is 12.4. The van der Waals surface area contributed by atoms with Gasteiger partial charge in [-0.1, -0.05) is 48.5 Å². The van der Waals surface area contributed by atoms with Gasteiger partial charge in [-0.2, -0.15) is 8.42 Å². The summed E-state index contributed by atoms with van der Waals surface area (Å²) in [5, 5.41) is 5.40. The maximum Gasteiger partial charge on any atom is 0.302 e. The van der Waals surface area contributed by atoms with E-state index in [-0.39, 0.29) is 12.9 Å². The summed E-state index contributed by atoms with van der Waals surface area (Å²) >= 11 is 0. The van der Waals surface area contributed by atoms with Crippen molar-refractivity contribution in [1.29, 1.82) is 0 Å². The quantitative estimate of drug-likeness (QED) is 0.860. The van der Waals surface area contributed by atoms with Crippen LogP contribution in [0.15, 0.2) is 54.6 Å². The zero-order chi connectivity index (χ0) is 15.8. The number of hydrogen-bond acceptors (Lipinski definition) is 4. The van der Waals surface area contributed by atoms with Crippen molar-refractivity contribution < 1.29 is 17.9 Å². The molecule has 22 heavy (non-hydrogen) atoms. The van der Waals surface area contributed by atoms with Crippen molar-refractivity contribution in [1.82, 2.24) is 0 Å². The predicted octanol–water partition coefficient (Wildman–Crippen LogP) is 1.28. The molecule has 1 unspecified atom stereocenters. The molecular formula is C15H14N2O4S. The molecule has 3 rings (SSSR count). The molecule has 1 aliphatic rings. The standard InChI is InChI=1S/C15H14N2O4S/c16-22(19,20)17-14-9-5-4-6-12(14)10-15(17,21-11-18)13-7-2-1-3-8-13/h1-9,11H,10H2,(H2,16,19,20). The van der Waals surface area contributed by atoms with E-state index in [1.165, 1.54) is 0 Å². The van der Waals surface area contributed by atoms with Gasteiger partial charge in [0.2, 0.25) is 5.72 Å². The minimum Gasteiger partial charge on any atom is -0.435 e. The minimum atomic E-state index is -4.14. The number of anilines is 1. The lowest BCUT2D eigenvalue weighted by Gasteiger charge is -2.36. The van der Waals surface area contributed by atoms with Crippen molar-refractivity contribution >= 4 is 22.4 Å². The molecule has 0 saturated carbocycles. The smallest absolute Gasteiger partial charge is 0.302 e. The number of hydrogen-bond donors (Lipinski definition) is 1. The first-order valence-electron chi connectivity index (χ1n) is 6.57. The fourth-order valence-corrected chi connectivity index (χ4v) is 3.96. The van der Waals surface area contributed by atoms with E-state index in [1.54, 1.807) is 54.6 Å². The Labute approximate surface area is 128 Å². The van der Waals surface area contributed by atoms with Crippen molar-refractivity contribution in [2.75, 3.05) is 4.31 Å². The van der Waals surface area contributed by atoms with Crippen LogP contribution in [0.1, 0.15) is 11.1 Å². The van der Waals surface area contributed by atoms with Crippen LogP contribution in [0.2, 0.25) is 0 Å². The SMILES string of the molecule is NS(=O)(=O)N1c2ccccc2CC1(OC=O)c1ccccc1. The highest BCUT2D eigenvalue weighted by atomic mass is 32.2. The number of ether oxygens (including phenoxy) is 1. The first-order chi connectivity index (χ1) is 10.5. The number of nitrogens with two attached hydrogens (primary N) is 1. The molecule has 0 saturated heterocycles. The molecule has 1 atom stereocenters. The number of benzene rings is 2. The Morgan fingerprint density at radius 2 is 1.73 bits per heavy atom. The van der Waals surface area contributed by atoms with Crippen molar-refractivity contribution in [3.8, 4) is 0 Å². The molecule has 1 heterocycles. The van der Waals surface area contributed by atoms with E-state index in [1.807, 2.05) is 0 Å². The van der Waals surface area contributed by atoms with Gasteiger partial charge >= 0.3 is 10.2 Å². The van der Waals surface area contributed by atoms with Gasteiger partial charge in [0.05, 0.1) is 5.69 Å². The van der Waals surface area contributed by atoms with Gasteiger partial charge in [0, 0.05) is 12.0 Å². The van der Waals surface area contributed by atoms with E-state index in [2.05, 4.69) is 0 Å². The van der Waals surface area contributed by atoms with Gasteiger partial charge in [0.15, 0.2) is 0 Å². The molecule has 0 aliphatic carbocycles. The summed E-state index contributed by atoms with van der Waals surface area (Å²) in [5.74, 6) is 0. The van der Waals surface area contributed by atoms with E-state index in [9.17, 15) is 13.2 Å². The van der Waals surface area contributed by atoms with E-state index in [0.717, 1.165) is 9.87 Å². The highest BCUT2D eigenvalue weighted by Gasteiger charge is 2.52. The third-order valence-electron chi connectivity index (χ3n) is 3.69. The number of para-hydroxylation sites is 1. The van der Waals surface area contributed by atoms with Crippen molar-refractivity contribution in [3.63, 3.8) is 0 Å². The zero-order valence-electron chi connectivity index (χ0n) is 11.5. The lowest BCUT2D eigenvalue weighted by molar-refractivity contribution is -0.142. The van der Waals surface area contributed by atoms with E-state index >= 15 is 0 Å². The van der Waals surface area contributed by atoms with Crippen LogP contribution in [0.5, 0.6) is 0 Å². The maximum atomic E-state index is 12.2. The second-order valence-corrected chi connectivity index (χ2v) is 6.37. The van der Waals surface area contributed by atoms with Crippen LogP contribution in [0, 0.1) is 0 Å². The fourth-order valence-electron chi connectivity index (χ4n) is 2.88. The van der Waals surface area contributed by atoms with Crippen LogP contribution in [0.25, 0.3) is 0 Å². The van der Waals surface area contributed by atoms with Gasteiger partial charge in [0.1, 0.15) is 0 Å². The number of nitrogens with zero attached hydrogens (tertiary/aromatic N) is 1. The molecule has 2 N–H and O–H groups in total. The molecular weight excluding hydrogens is 304 g/mol. The molecule has 6 nitrogen and oxygen atoms in total. The number of fused-ring (bicyclic) bond motifs is 1. The summed E-state index contributed by atoms with van der Waals surface area (Å²) in [6, 6.07) is 15.6. The second kappa shape index (κ2) is 5.11. The second-order valence-electron chi connectivity index (χ2n) is 4.98. The van der Waals surface area contributed by atoms with Crippen LogP contribution in [-0.2, 0) is 31.9 Å². The summed E-state index contributed by atoms with van der Waals surface area (Å²) in [7, 11) is -4.14. The predicted molar refractivity (Wildman–Crippen MR) is 81.0 cm³/mol. The van der Waals surface area contributed by atoms with Gasteiger partial charge in [-0.25, -0.2) is 9.44 Å². The highest BCUT2D eigenvalue weighted by Crippen LogP contribution is 2.46. The van der Waals surface area contributed by atoms with Gasteiger partial charge in [-0.15, -0.1) is 0 Å². The van der Waals surface area contributed by atoms with Gasteiger partial charge in [-0.05, 0) is 11.6 Å². The summed E-state index contributed by atoms with van der Waals surface area (Å²) < 4.78 is 30.6. The average molecular weight is 318 g/mol. The van der Waals surface area contributed by atoms with E-state index in [4.69, 9.17) is 9.88 Å². The minimum absolute atomic E-state index is 0.197. The first kappa shape index (κ1) is 14.6. The number of carbonyl (C=O) groups is 1. The van der Waals surface area contributed by atoms with Crippen LogP contribution in [0.3, 0.4) is 0 Å². The average Bonchev–Trinajstić information content (AvgIpc) is 2.83. The van der Waals surface area contributed by atoms with Crippen LogP contribution in [0.4, 0.5) is 5.69 Å². The topological polar surface area (TPSA) is 89.7 Å². The first-order valence-corrected chi connectivity index (χ1v) is 8.07. The molecule has 0 amide bonds. The Balaban J connectivity index is 2.28. The van der Waals surface area contributed by atoms with Crippen molar-refractivity contribution in [3.05, 3.63) is 65.7 Å². The summed E-state index contributed by atoms with van der Waals surface area (Å²) in [5.41, 5.74) is 0.186. The van der Waals surface area contributed by atoms with Crippen LogP contribution < -0.4 is 9.44 Å². The van der Waals surface area contributed by atoms with Gasteiger partial charge < -0.3 is 4.74 Å². The molecule has 2 aromatic carbocycles. The molecule has 0 bridgehead atoms. The van der Waals surface area contributed by atoms with E-state index in [0.29, 0.717) is 11.3 Å². The highest BCUT2D eigenvalue weighted by molar-refractivity contribution is 7.90. The third kappa shape index (κ3) is 2.15. The Bertz CT molecular complexity index is 807. The van der Waals surface area contributed by atoms with Crippen molar-refractivity contribution in [2.45, 2.75) is 12.1 Å². The Morgan fingerprint density at radius 3 is 2.36 bits per heavy atom. The van der Waals surface area contributed by atoms with Crippen molar-refractivity contribution in [2.24, 2.45) is 5.14 Å². The Kier molecular flexibility index (Phi) is 3.38. The Hall–Kier alpha value is -2.38. The monoisotopic (exact) mass is 318 g/mol. The fraction of sp³-hybridized carbons (Fsp3) is 0.133. The Morgan fingerprint density at radius 1 is 1.09 bits per heavy atom. The molecule has 0 fully saturated rings. The third-order valence-corrected chi connectivity index (χ3v) is 4.69. The maximum absolute atomic E-state index is 12.2. The van der Waals surface area contributed by atoms with Gasteiger partial charge in [0.25, 0.3) is 6.47 Å². The normalized spacial score (nSPS) is 20.5. The van der Waals surface area contributed by atoms with Crippen LogP contribution in [-0.4, -0.2) is 14.9 Å².